The first kappa shape index (κ1) is 15.4. The number of terminal acetylenes is 1. The highest BCUT2D eigenvalue weighted by Gasteiger charge is 2.16. The molecule has 6 heteroatoms. The number of carbonyl (C=O) groups excluding carboxylic acids is 1. The van der Waals surface area contributed by atoms with Crippen molar-refractivity contribution in [1.29, 1.82) is 0 Å². The third-order valence-corrected chi connectivity index (χ3v) is 2.99. The Morgan fingerprint density at radius 1 is 1.32 bits per heavy atom. The molecular weight excluding hydrogens is 288 g/mol. The predicted molar refractivity (Wildman–Crippen MR) is 79.0 cm³/mol. The van der Waals surface area contributed by atoms with Crippen LogP contribution in [0.3, 0.4) is 0 Å². The van der Waals surface area contributed by atoms with Crippen LogP contribution < -0.4 is 10.6 Å². The Kier molecular flexibility index (Phi) is 4.69. The van der Waals surface area contributed by atoms with Gasteiger partial charge in [0.05, 0.1) is 12.1 Å². The van der Waals surface area contributed by atoms with Gasteiger partial charge in [0.1, 0.15) is 5.82 Å². The Bertz CT molecular complexity index is 740. The molecule has 0 radical (unpaired) electrons. The molecule has 112 valence electrons. The van der Waals surface area contributed by atoms with Gasteiger partial charge >= 0.3 is 0 Å². The van der Waals surface area contributed by atoms with Crippen molar-refractivity contribution in [1.82, 2.24) is 4.98 Å². The van der Waals surface area contributed by atoms with Crippen LogP contribution in [0.15, 0.2) is 36.5 Å². The van der Waals surface area contributed by atoms with Crippen LogP contribution in [-0.4, -0.2) is 17.4 Å². The molecule has 0 aliphatic rings. The van der Waals surface area contributed by atoms with Gasteiger partial charge in [0.25, 0.3) is 5.91 Å². The molecule has 0 saturated carbocycles. The van der Waals surface area contributed by atoms with E-state index in [0.29, 0.717) is 11.4 Å². The summed E-state index contributed by atoms with van der Waals surface area (Å²) in [6, 6.07) is 6.65. The summed E-state index contributed by atoms with van der Waals surface area (Å²) in [5, 5.41) is 0. The van der Waals surface area contributed by atoms with Gasteiger partial charge in [-0.2, -0.15) is 0 Å². The number of benzene rings is 1. The molecule has 4 nitrogen and oxygen atoms in total. The molecule has 2 rings (SSSR count). The topological polar surface area (TPSA) is 59.2 Å². The van der Waals surface area contributed by atoms with Gasteiger partial charge in [-0.25, -0.2) is 13.8 Å². The van der Waals surface area contributed by atoms with Crippen LogP contribution >= 0.6 is 0 Å². The van der Waals surface area contributed by atoms with Crippen molar-refractivity contribution < 1.29 is 13.6 Å². The van der Waals surface area contributed by atoms with Crippen LogP contribution in [0.4, 0.5) is 14.6 Å². The Labute approximate surface area is 126 Å². The summed E-state index contributed by atoms with van der Waals surface area (Å²) < 4.78 is 26.3. The standard InChI is InChI=1S/C16H13F2N3O/c1-2-8-21(10-11-5-6-13(17)14(18)9-11)16-12(15(19)22)4-3-7-20-16/h1,3-7,9H,8,10H2,(H2,19,22). The van der Waals surface area contributed by atoms with Crippen molar-refractivity contribution in [3.8, 4) is 12.3 Å². The van der Waals surface area contributed by atoms with Crippen molar-refractivity contribution in [2.75, 3.05) is 11.4 Å². The van der Waals surface area contributed by atoms with Gasteiger partial charge < -0.3 is 10.6 Å². The molecule has 1 heterocycles. The van der Waals surface area contributed by atoms with Crippen molar-refractivity contribution in [2.24, 2.45) is 5.73 Å². The maximum atomic E-state index is 13.3. The van der Waals surface area contributed by atoms with Gasteiger partial charge in [0.2, 0.25) is 0 Å². The van der Waals surface area contributed by atoms with E-state index in [4.69, 9.17) is 12.2 Å². The number of hydrogen-bond acceptors (Lipinski definition) is 3. The molecule has 0 atom stereocenters. The summed E-state index contributed by atoms with van der Waals surface area (Å²) in [7, 11) is 0. The molecule has 0 spiro atoms. The monoisotopic (exact) mass is 301 g/mol. The number of pyridine rings is 1. The van der Waals surface area contributed by atoms with E-state index >= 15 is 0 Å². The number of nitrogens with two attached hydrogens (primary N) is 1. The molecule has 0 fully saturated rings. The van der Waals surface area contributed by atoms with Crippen LogP contribution in [0, 0.1) is 24.0 Å². The summed E-state index contributed by atoms with van der Waals surface area (Å²) in [5.74, 6) is 0.227. The summed E-state index contributed by atoms with van der Waals surface area (Å²) in [5.41, 5.74) is 6.02. The largest absolute Gasteiger partial charge is 0.365 e. The smallest absolute Gasteiger partial charge is 0.252 e. The fourth-order valence-corrected chi connectivity index (χ4v) is 2.02. The number of carbonyl (C=O) groups is 1. The molecule has 0 aliphatic carbocycles. The zero-order chi connectivity index (χ0) is 16.1. The second-order valence-electron chi connectivity index (χ2n) is 4.55. The Morgan fingerprint density at radius 2 is 2.09 bits per heavy atom. The van der Waals surface area contributed by atoms with Gasteiger partial charge in [0, 0.05) is 12.7 Å². The Hall–Kier alpha value is -2.94. The first-order valence-corrected chi connectivity index (χ1v) is 6.40. The van der Waals surface area contributed by atoms with Gasteiger partial charge in [0.15, 0.2) is 11.6 Å². The average molecular weight is 301 g/mol. The lowest BCUT2D eigenvalue weighted by Crippen LogP contribution is -2.27. The zero-order valence-corrected chi connectivity index (χ0v) is 11.6. The Balaban J connectivity index is 2.37. The first-order valence-electron chi connectivity index (χ1n) is 6.40. The Morgan fingerprint density at radius 3 is 2.73 bits per heavy atom. The number of halogens is 2. The van der Waals surface area contributed by atoms with Gasteiger partial charge in [-0.15, -0.1) is 6.42 Å². The molecule has 0 aliphatic heterocycles. The van der Waals surface area contributed by atoms with Crippen LogP contribution in [0.5, 0.6) is 0 Å². The van der Waals surface area contributed by atoms with Crippen LogP contribution in [-0.2, 0) is 6.54 Å². The van der Waals surface area contributed by atoms with E-state index in [-0.39, 0.29) is 18.7 Å². The van der Waals surface area contributed by atoms with Crippen LogP contribution in [0.25, 0.3) is 0 Å². The van der Waals surface area contributed by atoms with E-state index in [0.717, 1.165) is 12.1 Å². The molecule has 2 aromatic rings. The number of aromatic nitrogens is 1. The molecule has 22 heavy (non-hydrogen) atoms. The molecule has 1 aromatic carbocycles. The summed E-state index contributed by atoms with van der Waals surface area (Å²) in [4.78, 5) is 17.2. The van der Waals surface area contributed by atoms with E-state index in [2.05, 4.69) is 10.9 Å². The number of primary amides is 1. The first-order chi connectivity index (χ1) is 10.5. The normalized spacial score (nSPS) is 10.0. The van der Waals surface area contributed by atoms with E-state index < -0.39 is 17.5 Å². The summed E-state index contributed by atoms with van der Waals surface area (Å²) >= 11 is 0. The van der Waals surface area contributed by atoms with E-state index in [9.17, 15) is 13.6 Å². The second-order valence-corrected chi connectivity index (χ2v) is 4.55. The third-order valence-electron chi connectivity index (χ3n) is 2.99. The molecule has 0 unspecified atom stereocenters. The van der Waals surface area contributed by atoms with E-state index in [1.165, 1.54) is 18.3 Å². The highest BCUT2D eigenvalue weighted by atomic mass is 19.2. The number of rotatable bonds is 5. The highest BCUT2D eigenvalue weighted by molar-refractivity contribution is 5.97. The van der Waals surface area contributed by atoms with Crippen molar-refractivity contribution in [2.45, 2.75) is 6.54 Å². The minimum absolute atomic E-state index is 0.135. The van der Waals surface area contributed by atoms with Gasteiger partial charge in [-0.1, -0.05) is 12.0 Å². The number of nitrogens with zero attached hydrogens (tertiary/aromatic N) is 2. The maximum absolute atomic E-state index is 13.3. The maximum Gasteiger partial charge on any atom is 0.252 e. The third kappa shape index (κ3) is 3.38. The summed E-state index contributed by atoms with van der Waals surface area (Å²) in [6.45, 7) is 0.301. The number of amides is 1. The van der Waals surface area contributed by atoms with Crippen molar-refractivity contribution >= 4 is 11.7 Å². The summed E-state index contributed by atoms with van der Waals surface area (Å²) in [6.07, 6.45) is 6.83. The van der Waals surface area contributed by atoms with Crippen LogP contribution in [0.2, 0.25) is 0 Å². The quantitative estimate of drug-likeness (QED) is 0.860. The van der Waals surface area contributed by atoms with E-state index in [1.54, 1.807) is 11.0 Å². The molecule has 0 bridgehead atoms. The molecule has 1 amide bonds. The van der Waals surface area contributed by atoms with Gasteiger partial charge in [-0.05, 0) is 29.8 Å². The lowest BCUT2D eigenvalue weighted by molar-refractivity contribution is 0.100. The minimum Gasteiger partial charge on any atom is -0.365 e. The predicted octanol–water partition coefficient (Wildman–Crippen LogP) is 2.10. The van der Waals surface area contributed by atoms with Crippen molar-refractivity contribution in [3.63, 3.8) is 0 Å². The minimum atomic E-state index is -0.950. The fraction of sp³-hybridized carbons (Fsp3) is 0.125. The molecule has 0 saturated heterocycles. The number of anilines is 1. The van der Waals surface area contributed by atoms with Crippen molar-refractivity contribution in [3.05, 3.63) is 59.3 Å². The average Bonchev–Trinajstić information content (AvgIpc) is 2.50. The molecular formula is C16H13F2N3O. The number of hydrogen-bond donors (Lipinski definition) is 1. The van der Waals surface area contributed by atoms with E-state index in [1.807, 2.05) is 0 Å². The van der Waals surface area contributed by atoms with Crippen LogP contribution in [0.1, 0.15) is 15.9 Å². The molecule has 2 N–H and O–H groups in total. The lowest BCUT2D eigenvalue weighted by atomic mass is 10.1. The van der Waals surface area contributed by atoms with Gasteiger partial charge in [-0.3, -0.25) is 4.79 Å². The lowest BCUT2D eigenvalue weighted by Gasteiger charge is -2.23. The molecule has 1 aromatic heterocycles. The highest BCUT2D eigenvalue weighted by Crippen LogP contribution is 2.20. The zero-order valence-electron chi connectivity index (χ0n) is 11.6. The fourth-order valence-electron chi connectivity index (χ4n) is 2.02. The second kappa shape index (κ2) is 6.68. The SMILES string of the molecule is C#CCN(Cc1ccc(F)c(F)c1)c1ncccc1C(N)=O.